The fourth-order valence-corrected chi connectivity index (χ4v) is 11.1. The SMILES string of the molecule is COc1ccc2c(c1)[C@@H]1C[C@]1(C(=O)N1CC34COCC3(C1)N(C(C)=O)C4)Cn1c-2c(C2CCCCC2)c2ccc(C(=O)NS(=O)(=O)C(C)C)cc21. The number of benzene rings is 2. The van der Waals surface area contributed by atoms with Gasteiger partial charge in [-0.15, -0.1) is 0 Å². The lowest BCUT2D eigenvalue weighted by molar-refractivity contribution is -0.157. The Balaban J connectivity index is 1.20. The first-order valence-electron chi connectivity index (χ1n) is 18.4. The van der Waals surface area contributed by atoms with Crippen molar-refractivity contribution in [2.24, 2.45) is 10.8 Å². The van der Waals surface area contributed by atoms with Crippen LogP contribution in [0.5, 0.6) is 5.75 Å². The van der Waals surface area contributed by atoms with Gasteiger partial charge in [-0.1, -0.05) is 25.3 Å². The molecule has 2 saturated carbocycles. The molecule has 3 aromatic rings. The summed E-state index contributed by atoms with van der Waals surface area (Å²) in [5, 5.41) is 0.289. The summed E-state index contributed by atoms with van der Waals surface area (Å²) in [7, 11) is -2.17. The number of hydrogen-bond donors (Lipinski definition) is 1. The first-order chi connectivity index (χ1) is 24.3. The number of amides is 3. The average molecular weight is 715 g/mol. The molecule has 3 saturated heterocycles. The highest BCUT2D eigenvalue weighted by Crippen LogP contribution is 2.67. The van der Waals surface area contributed by atoms with Gasteiger partial charge in [0, 0.05) is 61.1 Å². The van der Waals surface area contributed by atoms with E-state index in [1.54, 1.807) is 33.9 Å². The zero-order valence-corrected chi connectivity index (χ0v) is 30.6. The number of sulfonamides is 1. The summed E-state index contributed by atoms with van der Waals surface area (Å²) < 4.78 is 41.7. The van der Waals surface area contributed by atoms with Crippen LogP contribution >= 0.6 is 0 Å². The summed E-state index contributed by atoms with van der Waals surface area (Å²) in [5.41, 5.74) is 4.21. The summed E-state index contributed by atoms with van der Waals surface area (Å²) in [6.07, 6.45) is 6.30. The van der Waals surface area contributed by atoms with Crippen LogP contribution < -0.4 is 9.46 Å². The van der Waals surface area contributed by atoms with Gasteiger partial charge in [0.05, 0.1) is 47.6 Å². The van der Waals surface area contributed by atoms with Crippen LogP contribution in [0.4, 0.5) is 0 Å². The molecule has 2 aromatic carbocycles. The predicted molar refractivity (Wildman–Crippen MR) is 191 cm³/mol. The number of nitrogens with zero attached hydrogens (tertiary/aromatic N) is 3. The van der Waals surface area contributed by atoms with E-state index in [4.69, 9.17) is 9.47 Å². The molecule has 0 radical (unpaired) electrons. The second kappa shape index (κ2) is 11.1. The van der Waals surface area contributed by atoms with E-state index in [0.29, 0.717) is 51.7 Å². The predicted octanol–water partition coefficient (Wildman–Crippen LogP) is 4.78. The summed E-state index contributed by atoms with van der Waals surface area (Å²) in [4.78, 5) is 45.2. The van der Waals surface area contributed by atoms with E-state index >= 15 is 4.79 Å². The number of methoxy groups -OCH3 is 1. The highest BCUT2D eigenvalue weighted by Gasteiger charge is 2.75. The molecular weight excluding hydrogens is 669 g/mol. The van der Waals surface area contributed by atoms with Crippen molar-refractivity contribution in [2.75, 3.05) is 40.0 Å². The summed E-state index contributed by atoms with van der Waals surface area (Å²) in [5.74, 6) is 0.494. The maximum atomic E-state index is 15.2. The molecule has 9 rings (SSSR count). The van der Waals surface area contributed by atoms with Crippen LogP contribution in [0.3, 0.4) is 0 Å². The zero-order chi connectivity index (χ0) is 35.7. The Labute approximate surface area is 298 Å². The molecule has 4 aliphatic heterocycles. The summed E-state index contributed by atoms with van der Waals surface area (Å²) in [6.45, 7) is 7.75. The van der Waals surface area contributed by atoms with E-state index in [1.807, 2.05) is 28.0 Å². The van der Waals surface area contributed by atoms with Crippen LogP contribution in [0, 0.1) is 10.8 Å². The Morgan fingerprint density at radius 1 is 0.980 bits per heavy atom. The van der Waals surface area contributed by atoms with E-state index in [2.05, 4.69) is 21.4 Å². The number of fused-ring (bicyclic) bond motifs is 7. The van der Waals surface area contributed by atoms with Crippen LogP contribution in [0.25, 0.3) is 22.2 Å². The van der Waals surface area contributed by atoms with Gasteiger partial charge in [0.2, 0.25) is 21.8 Å². The van der Waals surface area contributed by atoms with Gasteiger partial charge in [-0.3, -0.25) is 14.4 Å². The van der Waals surface area contributed by atoms with Gasteiger partial charge in [-0.2, -0.15) is 0 Å². The molecule has 5 fully saturated rings. The van der Waals surface area contributed by atoms with Gasteiger partial charge >= 0.3 is 0 Å². The second-order valence-electron chi connectivity index (χ2n) is 16.4. The molecule has 11 nitrogen and oxygen atoms in total. The van der Waals surface area contributed by atoms with Crippen molar-refractivity contribution in [1.82, 2.24) is 19.1 Å². The highest BCUT2D eigenvalue weighted by molar-refractivity contribution is 7.90. The quantitative estimate of drug-likeness (QED) is 0.390. The fraction of sp³-hybridized carbons (Fsp3) is 0.564. The van der Waals surface area contributed by atoms with E-state index in [-0.39, 0.29) is 28.7 Å². The molecule has 0 spiro atoms. The molecular formula is C39H46N4O7S. The monoisotopic (exact) mass is 714 g/mol. The van der Waals surface area contributed by atoms with Crippen molar-refractivity contribution in [1.29, 1.82) is 0 Å². The Kier molecular flexibility index (Phi) is 7.15. The van der Waals surface area contributed by atoms with Crippen molar-refractivity contribution in [3.8, 4) is 17.0 Å². The van der Waals surface area contributed by atoms with Crippen LogP contribution in [0.1, 0.15) is 92.6 Å². The van der Waals surface area contributed by atoms with E-state index in [1.165, 1.54) is 12.0 Å². The molecule has 5 heterocycles. The minimum atomic E-state index is -3.84. The Hall–Kier alpha value is -3.90. The van der Waals surface area contributed by atoms with Crippen molar-refractivity contribution < 1.29 is 32.3 Å². The maximum absolute atomic E-state index is 15.2. The third-order valence-corrected chi connectivity index (χ3v) is 15.1. The van der Waals surface area contributed by atoms with Gasteiger partial charge in [0.1, 0.15) is 5.75 Å². The molecule has 1 aromatic heterocycles. The van der Waals surface area contributed by atoms with Crippen LogP contribution in [-0.4, -0.2) is 91.3 Å². The topological polar surface area (TPSA) is 127 Å². The second-order valence-corrected chi connectivity index (χ2v) is 18.6. The Morgan fingerprint density at radius 3 is 2.49 bits per heavy atom. The molecule has 3 amide bonds. The molecule has 2 aliphatic carbocycles. The molecule has 4 atom stereocenters. The first-order valence-corrected chi connectivity index (χ1v) is 20.0. The lowest BCUT2D eigenvalue weighted by atomic mass is 9.65. The number of nitrogens with one attached hydrogen (secondary N) is 1. The van der Waals surface area contributed by atoms with Gasteiger partial charge < -0.3 is 23.8 Å². The van der Waals surface area contributed by atoms with E-state index in [0.717, 1.165) is 59.2 Å². The van der Waals surface area contributed by atoms with E-state index in [9.17, 15) is 18.0 Å². The number of likely N-dealkylation sites (tertiary alicyclic amines) is 2. The van der Waals surface area contributed by atoms with Gasteiger partial charge in [-0.05, 0) is 80.5 Å². The number of carbonyl (C=O) groups excluding carboxylic acids is 3. The Bertz CT molecular complexity index is 2140. The van der Waals surface area contributed by atoms with Gasteiger partial charge in [0.25, 0.3) is 5.91 Å². The maximum Gasteiger partial charge on any atom is 0.264 e. The third-order valence-electron chi connectivity index (χ3n) is 13.4. The highest BCUT2D eigenvalue weighted by atomic mass is 32.2. The van der Waals surface area contributed by atoms with Crippen molar-refractivity contribution in [2.45, 2.75) is 88.5 Å². The molecule has 6 aliphatic rings. The summed E-state index contributed by atoms with van der Waals surface area (Å²) >= 11 is 0. The lowest BCUT2D eigenvalue weighted by Gasteiger charge is -2.57. The lowest BCUT2D eigenvalue weighted by Crippen LogP contribution is -2.74. The number of rotatable bonds is 6. The number of hydrogen-bond acceptors (Lipinski definition) is 7. The zero-order valence-electron chi connectivity index (χ0n) is 29.8. The number of carbonyl (C=O) groups is 3. The van der Waals surface area contributed by atoms with Gasteiger partial charge in [0.15, 0.2) is 0 Å². The van der Waals surface area contributed by atoms with Crippen molar-refractivity contribution in [3.05, 3.63) is 53.1 Å². The van der Waals surface area contributed by atoms with E-state index < -0.39 is 32.1 Å². The standard InChI is InChI=1S/C39H46N4O7S/c1-23(2)51(47,48)40-35(45)26-10-12-29-32(14-26)42-19-38(36(46)41-17-37-18-43(24(3)44)39(37,20-41)22-50-21-37)16-31(38)30-15-27(49-4)11-13-28(30)34(42)33(29)25-8-6-5-7-9-25/h10-15,23,25,31H,5-9,16-22H2,1-4H3,(H,40,45)/t31-,37?,38-,39?/m0/s1. The van der Waals surface area contributed by atoms with Crippen molar-refractivity contribution >= 4 is 38.6 Å². The normalized spacial score (nSPS) is 29.4. The molecule has 51 heavy (non-hydrogen) atoms. The molecule has 1 N–H and O–H groups in total. The Morgan fingerprint density at radius 2 is 1.76 bits per heavy atom. The number of ether oxygens (including phenoxy) is 2. The molecule has 2 unspecified atom stereocenters. The van der Waals surface area contributed by atoms with Gasteiger partial charge in [-0.25, -0.2) is 13.1 Å². The van der Waals surface area contributed by atoms with Crippen LogP contribution in [-0.2, 0) is 30.9 Å². The van der Waals surface area contributed by atoms with Crippen molar-refractivity contribution in [3.63, 3.8) is 0 Å². The first kappa shape index (κ1) is 33.0. The minimum absolute atomic E-state index is 0.0168. The molecule has 12 heteroatoms. The van der Waals surface area contributed by atoms with Crippen LogP contribution in [0.2, 0.25) is 0 Å². The smallest absolute Gasteiger partial charge is 0.264 e. The average Bonchev–Trinajstić information content (AvgIpc) is 3.61. The summed E-state index contributed by atoms with van der Waals surface area (Å²) in [6, 6.07) is 11.8. The minimum Gasteiger partial charge on any atom is -0.497 e. The largest absolute Gasteiger partial charge is 0.497 e. The third kappa shape index (κ3) is 4.50. The molecule has 0 bridgehead atoms. The fourth-order valence-electron chi connectivity index (χ4n) is 10.5. The molecule has 270 valence electrons. The van der Waals surface area contributed by atoms with Crippen LogP contribution in [0.15, 0.2) is 36.4 Å². The number of aromatic nitrogens is 1.